The van der Waals surface area contributed by atoms with Crippen LogP contribution in [0.5, 0.6) is 0 Å². The lowest BCUT2D eigenvalue weighted by Gasteiger charge is -2.27. The van der Waals surface area contributed by atoms with Gasteiger partial charge >= 0.3 is 0 Å². The van der Waals surface area contributed by atoms with Crippen molar-refractivity contribution >= 4 is 0 Å². The van der Waals surface area contributed by atoms with Crippen LogP contribution < -0.4 is 5.32 Å². The summed E-state index contributed by atoms with van der Waals surface area (Å²) in [5, 5.41) is 3.62. The Labute approximate surface area is 106 Å². The molecular weight excluding hydrogens is 216 g/mol. The molecule has 4 heteroatoms. The van der Waals surface area contributed by atoms with Crippen molar-refractivity contribution in [2.75, 3.05) is 47.0 Å². The first-order valence-corrected chi connectivity index (χ1v) is 6.77. The van der Waals surface area contributed by atoms with Crippen molar-refractivity contribution in [2.45, 2.75) is 38.3 Å². The van der Waals surface area contributed by atoms with Crippen LogP contribution in [0, 0.1) is 0 Å². The Morgan fingerprint density at radius 3 is 2.88 bits per heavy atom. The summed E-state index contributed by atoms with van der Waals surface area (Å²) in [7, 11) is 3.50. The van der Waals surface area contributed by atoms with Gasteiger partial charge in [0, 0.05) is 33.4 Å². The van der Waals surface area contributed by atoms with Gasteiger partial charge in [-0.2, -0.15) is 0 Å². The van der Waals surface area contributed by atoms with Crippen molar-refractivity contribution in [3.63, 3.8) is 0 Å². The first kappa shape index (κ1) is 14.9. The molecule has 1 heterocycles. The molecule has 0 aromatic heterocycles. The molecule has 1 aliphatic rings. The Hall–Kier alpha value is -0.160. The fourth-order valence-corrected chi connectivity index (χ4v) is 2.45. The number of rotatable bonds is 7. The highest BCUT2D eigenvalue weighted by Crippen LogP contribution is 2.07. The highest BCUT2D eigenvalue weighted by Gasteiger charge is 2.19. The van der Waals surface area contributed by atoms with Gasteiger partial charge in [-0.15, -0.1) is 0 Å². The van der Waals surface area contributed by atoms with Crippen molar-refractivity contribution < 1.29 is 9.47 Å². The summed E-state index contributed by atoms with van der Waals surface area (Å²) in [6.45, 7) is 7.35. The molecule has 2 atom stereocenters. The zero-order valence-electron chi connectivity index (χ0n) is 11.6. The van der Waals surface area contributed by atoms with Gasteiger partial charge in [-0.1, -0.05) is 13.3 Å². The number of nitrogens with one attached hydrogen (secondary N) is 1. The molecule has 1 fully saturated rings. The Bertz CT molecular complexity index is 190. The quantitative estimate of drug-likeness (QED) is 0.727. The lowest BCUT2D eigenvalue weighted by molar-refractivity contribution is 0.00571. The zero-order chi connectivity index (χ0) is 12.5. The van der Waals surface area contributed by atoms with Crippen molar-refractivity contribution in [3.05, 3.63) is 0 Å². The molecule has 102 valence electrons. The second-order valence-corrected chi connectivity index (χ2v) is 4.87. The van der Waals surface area contributed by atoms with Gasteiger partial charge in [0.05, 0.1) is 12.7 Å². The van der Waals surface area contributed by atoms with Crippen LogP contribution in [0.25, 0.3) is 0 Å². The number of hydrogen-bond donors (Lipinski definition) is 1. The molecule has 0 radical (unpaired) electrons. The average molecular weight is 244 g/mol. The standard InChI is InChI=1S/C13H28N2O2/c1-4-6-12-9-15(8-5-7-14-12)10-13(17-3)11-16-2/h12-14H,4-11H2,1-3H3. The summed E-state index contributed by atoms with van der Waals surface area (Å²) < 4.78 is 10.6. The minimum absolute atomic E-state index is 0.195. The topological polar surface area (TPSA) is 33.7 Å². The lowest BCUT2D eigenvalue weighted by Crippen LogP contribution is -2.42. The number of hydrogen-bond acceptors (Lipinski definition) is 4. The van der Waals surface area contributed by atoms with Crippen molar-refractivity contribution in [2.24, 2.45) is 0 Å². The van der Waals surface area contributed by atoms with Gasteiger partial charge in [-0.25, -0.2) is 0 Å². The van der Waals surface area contributed by atoms with Crippen molar-refractivity contribution in [1.82, 2.24) is 10.2 Å². The van der Waals surface area contributed by atoms with E-state index in [-0.39, 0.29) is 6.10 Å². The summed E-state index contributed by atoms with van der Waals surface area (Å²) in [5.41, 5.74) is 0. The summed E-state index contributed by atoms with van der Waals surface area (Å²) in [4.78, 5) is 2.51. The van der Waals surface area contributed by atoms with E-state index in [2.05, 4.69) is 17.1 Å². The van der Waals surface area contributed by atoms with Crippen LogP contribution in [0.2, 0.25) is 0 Å². The van der Waals surface area contributed by atoms with E-state index in [1.54, 1.807) is 14.2 Å². The number of methoxy groups -OCH3 is 2. The molecule has 0 spiro atoms. The van der Waals surface area contributed by atoms with Gasteiger partial charge in [0.25, 0.3) is 0 Å². The second kappa shape index (κ2) is 8.86. The van der Waals surface area contributed by atoms with Gasteiger partial charge in [-0.3, -0.25) is 4.90 Å². The molecule has 1 rings (SSSR count). The molecule has 0 aromatic rings. The summed E-state index contributed by atoms with van der Waals surface area (Å²) in [5.74, 6) is 0. The Morgan fingerprint density at radius 2 is 2.24 bits per heavy atom. The third-order valence-corrected chi connectivity index (χ3v) is 3.35. The highest BCUT2D eigenvalue weighted by molar-refractivity contribution is 4.78. The van der Waals surface area contributed by atoms with E-state index in [4.69, 9.17) is 9.47 Å². The first-order valence-electron chi connectivity index (χ1n) is 6.77. The molecule has 2 unspecified atom stereocenters. The largest absolute Gasteiger partial charge is 0.382 e. The van der Waals surface area contributed by atoms with E-state index < -0.39 is 0 Å². The molecule has 17 heavy (non-hydrogen) atoms. The van der Waals surface area contributed by atoms with Gasteiger partial charge in [0.1, 0.15) is 0 Å². The van der Waals surface area contributed by atoms with Crippen LogP contribution in [0.15, 0.2) is 0 Å². The van der Waals surface area contributed by atoms with Crippen LogP contribution >= 0.6 is 0 Å². The Morgan fingerprint density at radius 1 is 1.41 bits per heavy atom. The van der Waals surface area contributed by atoms with Gasteiger partial charge in [0.2, 0.25) is 0 Å². The van der Waals surface area contributed by atoms with Crippen molar-refractivity contribution in [3.8, 4) is 0 Å². The maximum Gasteiger partial charge on any atom is 0.0931 e. The SMILES string of the molecule is CCCC1CN(CC(COC)OC)CCCN1. The smallest absolute Gasteiger partial charge is 0.0931 e. The molecule has 1 N–H and O–H groups in total. The maximum absolute atomic E-state index is 5.44. The minimum atomic E-state index is 0.195. The fourth-order valence-electron chi connectivity index (χ4n) is 2.45. The lowest BCUT2D eigenvalue weighted by atomic mass is 10.1. The summed E-state index contributed by atoms with van der Waals surface area (Å²) >= 11 is 0. The molecular formula is C13H28N2O2. The fraction of sp³-hybridized carbons (Fsp3) is 1.00. The maximum atomic E-state index is 5.44. The monoisotopic (exact) mass is 244 g/mol. The minimum Gasteiger partial charge on any atom is -0.382 e. The van der Waals surface area contributed by atoms with E-state index in [1.165, 1.54) is 19.3 Å². The van der Waals surface area contributed by atoms with Crippen LogP contribution in [0.3, 0.4) is 0 Å². The molecule has 4 nitrogen and oxygen atoms in total. The average Bonchev–Trinajstić information content (AvgIpc) is 2.54. The van der Waals surface area contributed by atoms with E-state index in [9.17, 15) is 0 Å². The first-order chi connectivity index (χ1) is 8.30. The number of ether oxygens (including phenoxy) is 2. The third-order valence-electron chi connectivity index (χ3n) is 3.35. The normalized spacial score (nSPS) is 24.5. The van der Waals surface area contributed by atoms with E-state index in [0.717, 1.165) is 26.2 Å². The Balaban J connectivity index is 2.38. The predicted octanol–water partition coefficient (Wildman–Crippen LogP) is 1.11. The molecule has 0 amide bonds. The van der Waals surface area contributed by atoms with Gasteiger partial charge in [0.15, 0.2) is 0 Å². The molecule has 1 saturated heterocycles. The Kier molecular flexibility index (Phi) is 7.77. The van der Waals surface area contributed by atoms with E-state index in [0.29, 0.717) is 12.6 Å². The molecule has 0 saturated carbocycles. The van der Waals surface area contributed by atoms with Gasteiger partial charge in [-0.05, 0) is 25.9 Å². The van der Waals surface area contributed by atoms with E-state index in [1.807, 2.05) is 0 Å². The molecule has 0 aromatic carbocycles. The van der Waals surface area contributed by atoms with Crippen LogP contribution in [0.1, 0.15) is 26.2 Å². The predicted molar refractivity (Wildman–Crippen MR) is 70.4 cm³/mol. The third kappa shape index (κ3) is 5.82. The number of nitrogens with zero attached hydrogens (tertiary/aromatic N) is 1. The zero-order valence-corrected chi connectivity index (χ0v) is 11.6. The highest BCUT2D eigenvalue weighted by atomic mass is 16.5. The molecule has 0 bridgehead atoms. The van der Waals surface area contributed by atoms with Crippen LogP contribution in [-0.4, -0.2) is 64.1 Å². The van der Waals surface area contributed by atoms with Crippen molar-refractivity contribution in [1.29, 1.82) is 0 Å². The molecule has 0 aliphatic carbocycles. The van der Waals surface area contributed by atoms with Crippen LogP contribution in [0.4, 0.5) is 0 Å². The molecule has 1 aliphatic heterocycles. The van der Waals surface area contributed by atoms with E-state index >= 15 is 0 Å². The van der Waals surface area contributed by atoms with Crippen LogP contribution in [-0.2, 0) is 9.47 Å². The summed E-state index contributed by atoms with van der Waals surface area (Å²) in [6, 6.07) is 0.641. The summed E-state index contributed by atoms with van der Waals surface area (Å²) in [6.07, 6.45) is 3.93. The second-order valence-electron chi connectivity index (χ2n) is 4.87. The van der Waals surface area contributed by atoms with Gasteiger partial charge < -0.3 is 14.8 Å².